The van der Waals surface area contributed by atoms with E-state index in [0.717, 1.165) is 37.3 Å². The number of methoxy groups -OCH3 is 3. The Morgan fingerprint density at radius 1 is 0.927 bits per heavy atom. The molecule has 2 aliphatic rings. The minimum absolute atomic E-state index is 0.203. The van der Waals surface area contributed by atoms with Gasteiger partial charge in [0.1, 0.15) is 5.54 Å². The maximum atomic E-state index is 12.8. The minimum atomic E-state index is -0.659. The average molecular weight is 585 g/mol. The first-order valence-electron chi connectivity index (χ1n) is 13.8. The fourth-order valence-corrected chi connectivity index (χ4v) is 5.79. The van der Waals surface area contributed by atoms with Gasteiger partial charge < -0.3 is 30.2 Å². The fourth-order valence-electron chi connectivity index (χ4n) is 5.59. The van der Waals surface area contributed by atoms with Gasteiger partial charge in [0.05, 0.1) is 21.3 Å². The summed E-state index contributed by atoms with van der Waals surface area (Å²) in [5.74, 6) is 2.09. The number of aromatic nitrogens is 2. The number of aryl methyl sites for hydroxylation is 2. The molecule has 12 nitrogen and oxygen atoms in total. The average Bonchev–Trinajstić information content (AvgIpc) is 2.96. The van der Waals surface area contributed by atoms with Gasteiger partial charge >= 0.3 is 0 Å². The molecule has 13 heteroatoms. The van der Waals surface area contributed by atoms with E-state index in [1.54, 1.807) is 33.5 Å². The van der Waals surface area contributed by atoms with Crippen LogP contribution in [-0.4, -0.2) is 89.8 Å². The van der Waals surface area contributed by atoms with Crippen molar-refractivity contribution in [3.05, 3.63) is 29.6 Å². The summed E-state index contributed by atoms with van der Waals surface area (Å²) in [6.45, 7) is 6.72. The number of anilines is 2. The summed E-state index contributed by atoms with van der Waals surface area (Å²) in [6.07, 6.45) is 4.52. The second-order valence-electron chi connectivity index (χ2n) is 10.3. The summed E-state index contributed by atoms with van der Waals surface area (Å²) in [5.41, 5.74) is 7.63. The molecule has 4 N–H and O–H groups in total. The van der Waals surface area contributed by atoms with Crippen molar-refractivity contribution in [1.82, 2.24) is 19.8 Å². The Morgan fingerprint density at radius 3 is 2.02 bits per heavy atom. The smallest absolute Gasteiger partial charge is 0.238 e. The maximum absolute atomic E-state index is 12.8. The van der Waals surface area contributed by atoms with Crippen molar-refractivity contribution in [3.8, 4) is 17.2 Å². The Morgan fingerprint density at radius 2 is 1.51 bits per heavy atom. The molecule has 2 aliphatic heterocycles. The molecular formula is C28H40N8O4S. The van der Waals surface area contributed by atoms with Crippen LogP contribution in [0, 0.1) is 13.8 Å². The molecule has 0 atom stereocenters. The Balaban J connectivity index is 1.60. The molecule has 2 aromatic rings. The van der Waals surface area contributed by atoms with Gasteiger partial charge in [-0.3, -0.25) is 15.0 Å². The van der Waals surface area contributed by atoms with Gasteiger partial charge in [-0.05, 0) is 70.9 Å². The molecule has 0 spiro atoms. The molecule has 1 aromatic carbocycles. The van der Waals surface area contributed by atoms with E-state index in [0.29, 0.717) is 60.8 Å². The van der Waals surface area contributed by atoms with E-state index in [1.165, 1.54) is 6.42 Å². The van der Waals surface area contributed by atoms with E-state index in [-0.39, 0.29) is 11.0 Å². The number of benzene rings is 1. The normalized spacial score (nSPS) is 17.5. The van der Waals surface area contributed by atoms with Crippen LogP contribution in [0.1, 0.15) is 43.5 Å². The van der Waals surface area contributed by atoms with Crippen molar-refractivity contribution in [1.29, 1.82) is 0 Å². The van der Waals surface area contributed by atoms with Crippen LogP contribution in [-0.2, 0) is 4.79 Å². The molecule has 0 unspecified atom stereocenters. The quantitative estimate of drug-likeness (QED) is 0.251. The number of piperidine rings is 2. The number of ether oxygens (including phenoxy) is 3. The fraction of sp³-hybridized carbons (Fsp3) is 0.536. The zero-order valence-electron chi connectivity index (χ0n) is 24.5. The Kier molecular flexibility index (Phi) is 9.81. The summed E-state index contributed by atoms with van der Waals surface area (Å²) in [6, 6.07) is 5.41. The van der Waals surface area contributed by atoms with E-state index in [4.69, 9.17) is 37.2 Å². The number of aliphatic imine (C=N–C) groups is 1. The van der Waals surface area contributed by atoms with E-state index in [2.05, 4.69) is 30.4 Å². The van der Waals surface area contributed by atoms with Crippen LogP contribution < -0.4 is 30.6 Å². The molecule has 1 amide bonds. The SMILES string of the molecule is COc1cc(NC(=S)/N=C(/Nc2nc(C)cc(C)n2)N2CCC(C(N)=O)(N3CCCCC3)CC2)cc(OC)c1OC. The Hall–Kier alpha value is -3.71. The molecule has 222 valence electrons. The van der Waals surface area contributed by atoms with Crippen molar-refractivity contribution < 1.29 is 19.0 Å². The summed E-state index contributed by atoms with van der Waals surface area (Å²) < 4.78 is 16.3. The number of carbonyl (C=O) groups is 1. The van der Waals surface area contributed by atoms with Gasteiger partial charge in [-0.1, -0.05) is 6.42 Å². The van der Waals surface area contributed by atoms with Gasteiger partial charge in [-0.25, -0.2) is 9.97 Å². The first kappa shape index (κ1) is 30.3. The zero-order valence-corrected chi connectivity index (χ0v) is 25.3. The summed E-state index contributed by atoms with van der Waals surface area (Å²) in [7, 11) is 4.65. The molecule has 4 rings (SSSR count). The predicted octanol–water partition coefficient (Wildman–Crippen LogP) is 3.09. The summed E-state index contributed by atoms with van der Waals surface area (Å²) >= 11 is 5.66. The van der Waals surface area contributed by atoms with Gasteiger partial charge in [0.15, 0.2) is 11.5 Å². The second kappa shape index (κ2) is 13.3. The lowest BCUT2D eigenvalue weighted by Gasteiger charge is -2.48. The number of rotatable bonds is 7. The Bertz CT molecular complexity index is 1240. The van der Waals surface area contributed by atoms with E-state index >= 15 is 0 Å². The number of nitrogens with two attached hydrogens (primary N) is 1. The maximum Gasteiger partial charge on any atom is 0.238 e. The standard InChI is InChI=1S/C28H40N8O4S/c1-18-15-19(2)31-25(30-18)33-26(34-27(41)32-20-16-21(38-3)23(40-5)22(17-20)39-4)35-13-9-28(10-14-35,24(29)37)36-11-7-6-8-12-36/h15-17H,6-14H2,1-5H3,(H2,29,37)(H2,30,31,32,33,34,41). The molecule has 2 fully saturated rings. The monoisotopic (exact) mass is 584 g/mol. The number of carbonyl (C=O) groups excluding carboxylic acids is 1. The number of thiocarbonyl (C=S) groups is 1. The van der Waals surface area contributed by atoms with Crippen molar-refractivity contribution in [2.75, 3.05) is 58.1 Å². The first-order chi connectivity index (χ1) is 19.7. The number of primary amides is 1. The highest BCUT2D eigenvalue weighted by Crippen LogP contribution is 2.40. The predicted molar refractivity (Wildman–Crippen MR) is 163 cm³/mol. The van der Waals surface area contributed by atoms with Crippen molar-refractivity contribution >= 4 is 40.8 Å². The van der Waals surface area contributed by atoms with Crippen molar-refractivity contribution in [3.63, 3.8) is 0 Å². The molecule has 2 saturated heterocycles. The molecule has 1 aromatic heterocycles. The topological polar surface area (TPSA) is 139 Å². The van der Waals surface area contributed by atoms with Crippen LogP contribution in [0.25, 0.3) is 0 Å². The highest BCUT2D eigenvalue weighted by molar-refractivity contribution is 7.80. The third-order valence-electron chi connectivity index (χ3n) is 7.64. The van der Waals surface area contributed by atoms with Gasteiger partial charge in [0.2, 0.25) is 28.7 Å². The highest BCUT2D eigenvalue weighted by atomic mass is 32.1. The summed E-state index contributed by atoms with van der Waals surface area (Å²) in [5, 5.41) is 6.62. The molecule has 3 heterocycles. The lowest BCUT2D eigenvalue weighted by Crippen LogP contribution is -2.64. The highest BCUT2D eigenvalue weighted by Gasteiger charge is 2.45. The van der Waals surface area contributed by atoms with Crippen molar-refractivity contribution in [2.24, 2.45) is 10.7 Å². The van der Waals surface area contributed by atoms with Gasteiger partial charge in [0, 0.05) is 42.3 Å². The van der Waals surface area contributed by atoms with Crippen molar-refractivity contribution in [2.45, 2.75) is 51.5 Å². The lowest BCUT2D eigenvalue weighted by molar-refractivity contribution is -0.134. The van der Waals surface area contributed by atoms with Crippen LogP contribution in [0.5, 0.6) is 17.2 Å². The molecule has 41 heavy (non-hydrogen) atoms. The van der Waals surface area contributed by atoms with Crippen LogP contribution >= 0.6 is 12.2 Å². The Labute approximate surface area is 246 Å². The van der Waals surface area contributed by atoms with Gasteiger partial charge in [-0.15, -0.1) is 0 Å². The van der Waals surface area contributed by atoms with Crippen LogP contribution in [0.2, 0.25) is 0 Å². The molecule has 0 saturated carbocycles. The van der Waals surface area contributed by atoms with E-state index in [9.17, 15) is 4.79 Å². The molecule has 0 bridgehead atoms. The third-order valence-corrected chi connectivity index (χ3v) is 7.83. The number of amides is 1. The van der Waals surface area contributed by atoms with Gasteiger partial charge in [-0.2, -0.15) is 4.99 Å². The van der Waals surface area contributed by atoms with Crippen LogP contribution in [0.15, 0.2) is 23.2 Å². The minimum Gasteiger partial charge on any atom is -0.493 e. The molecule has 0 radical (unpaired) electrons. The van der Waals surface area contributed by atoms with Crippen LogP contribution in [0.4, 0.5) is 11.6 Å². The number of hydrogen-bond acceptors (Lipinski definition) is 8. The number of guanidine groups is 1. The van der Waals surface area contributed by atoms with Crippen LogP contribution in [0.3, 0.4) is 0 Å². The molecule has 0 aliphatic carbocycles. The van der Waals surface area contributed by atoms with Gasteiger partial charge in [0.25, 0.3) is 0 Å². The third kappa shape index (κ3) is 6.96. The first-order valence-corrected chi connectivity index (χ1v) is 14.2. The number of likely N-dealkylation sites (tertiary alicyclic amines) is 2. The lowest BCUT2D eigenvalue weighted by atomic mass is 9.83. The zero-order chi connectivity index (χ0) is 29.6. The number of nitrogens with zero attached hydrogens (tertiary/aromatic N) is 5. The number of nitrogens with one attached hydrogen (secondary N) is 2. The van der Waals surface area contributed by atoms with E-state index in [1.807, 2.05) is 19.9 Å². The molecular weight excluding hydrogens is 544 g/mol. The second-order valence-corrected chi connectivity index (χ2v) is 10.7. The van der Waals surface area contributed by atoms with E-state index < -0.39 is 5.54 Å². The number of hydrogen-bond donors (Lipinski definition) is 3. The summed E-state index contributed by atoms with van der Waals surface area (Å²) in [4.78, 5) is 30.9. The largest absolute Gasteiger partial charge is 0.493 e.